The summed E-state index contributed by atoms with van der Waals surface area (Å²) in [5.41, 5.74) is 0. The molecule has 0 radical (unpaired) electrons. The van der Waals surface area contributed by atoms with Crippen LogP contribution in [0.2, 0.25) is 0 Å². The zero-order chi connectivity index (χ0) is 10.6. The van der Waals surface area contributed by atoms with Gasteiger partial charge in [0, 0.05) is 12.5 Å². The quantitative estimate of drug-likeness (QED) is 0.714. The molecule has 0 aromatic carbocycles. The van der Waals surface area contributed by atoms with Gasteiger partial charge in [-0.2, -0.15) is 0 Å². The van der Waals surface area contributed by atoms with Crippen LogP contribution < -0.4 is 5.32 Å². The van der Waals surface area contributed by atoms with Gasteiger partial charge in [-0.15, -0.1) is 0 Å². The predicted molar refractivity (Wildman–Crippen MR) is 51.8 cm³/mol. The number of hydrogen-bond acceptors (Lipinski definition) is 2. The SMILES string of the molecule is CC1CCCC1NC(=O)CCC(=O)O. The number of amides is 1. The van der Waals surface area contributed by atoms with E-state index in [1.54, 1.807) is 0 Å². The first-order valence-corrected chi connectivity index (χ1v) is 5.10. The molecule has 1 fully saturated rings. The van der Waals surface area contributed by atoms with Crippen molar-refractivity contribution >= 4 is 11.9 Å². The van der Waals surface area contributed by atoms with Gasteiger partial charge in [-0.3, -0.25) is 9.59 Å². The van der Waals surface area contributed by atoms with E-state index < -0.39 is 5.97 Å². The predicted octanol–water partition coefficient (Wildman–Crippen LogP) is 1.16. The van der Waals surface area contributed by atoms with Crippen LogP contribution in [0.3, 0.4) is 0 Å². The molecule has 0 bridgehead atoms. The van der Waals surface area contributed by atoms with Gasteiger partial charge in [0.1, 0.15) is 0 Å². The first-order valence-electron chi connectivity index (χ1n) is 5.10. The number of rotatable bonds is 4. The highest BCUT2D eigenvalue weighted by atomic mass is 16.4. The van der Waals surface area contributed by atoms with E-state index in [0.717, 1.165) is 19.3 Å². The van der Waals surface area contributed by atoms with Crippen LogP contribution in [0.4, 0.5) is 0 Å². The van der Waals surface area contributed by atoms with Gasteiger partial charge in [-0.25, -0.2) is 0 Å². The molecule has 0 heterocycles. The van der Waals surface area contributed by atoms with E-state index in [1.165, 1.54) is 0 Å². The maximum atomic E-state index is 11.3. The molecule has 2 N–H and O–H groups in total. The summed E-state index contributed by atoms with van der Waals surface area (Å²) in [5, 5.41) is 11.3. The van der Waals surface area contributed by atoms with E-state index in [2.05, 4.69) is 12.2 Å². The summed E-state index contributed by atoms with van der Waals surface area (Å²) < 4.78 is 0. The minimum atomic E-state index is -0.917. The Morgan fingerprint density at radius 2 is 2.07 bits per heavy atom. The van der Waals surface area contributed by atoms with Crippen molar-refractivity contribution in [2.75, 3.05) is 0 Å². The molecular weight excluding hydrogens is 182 g/mol. The first kappa shape index (κ1) is 11.0. The highest BCUT2D eigenvalue weighted by molar-refractivity contribution is 5.80. The third-order valence-corrected chi connectivity index (χ3v) is 2.77. The molecule has 80 valence electrons. The molecule has 1 aliphatic carbocycles. The summed E-state index contributed by atoms with van der Waals surface area (Å²) in [6.07, 6.45) is 3.36. The van der Waals surface area contributed by atoms with E-state index in [0.29, 0.717) is 5.92 Å². The van der Waals surface area contributed by atoms with E-state index in [4.69, 9.17) is 5.11 Å². The number of carbonyl (C=O) groups is 2. The standard InChI is InChI=1S/C10H17NO3/c1-7-3-2-4-8(7)11-9(12)5-6-10(13)14/h7-8H,2-6H2,1H3,(H,11,12)(H,13,14). The van der Waals surface area contributed by atoms with Gasteiger partial charge in [-0.1, -0.05) is 13.3 Å². The average molecular weight is 199 g/mol. The largest absolute Gasteiger partial charge is 0.481 e. The number of nitrogens with one attached hydrogen (secondary N) is 1. The summed E-state index contributed by atoms with van der Waals surface area (Å²) in [6.45, 7) is 2.12. The lowest BCUT2D eigenvalue weighted by Crippen LogP contribution is -2.36. The van der Waals surface area contributed by atoms with Gasteiger partial charge in [0.25, 0.3) is 0 Å². The zero-order valence-electron chi connectivity index (χ0n) is 8.45. The molecule has 0 spiro atoms. The van der Waals surface area contributed by atoms with Crippen molar-refractivity contribution in [3.63, 3.8) is 0 Å². The van der Waals surface area contributed by atoms with Crippen LogP contribution in [-0.4, -0.2) is 23.0 Å². The minimum Gasteiger partial charge on any atom is -0.481 e. The summed E-state index contributed by atoms with van der Waals surface area (Å²) in [4.78, 5) is 21.5. The average Bonchev–Trinajstić information content (AvgIpc) is 2.49. The van der Waals surface area contributed by atoms with Crippen LogP contribution in [0.25, 0.3) is 0 Å². The Balaban J connectivity index is 2.22. The second-order valence-corrected chi connectivity index (χ2v) is 3.98. The Labute approximate surface area is 83.7 Å². The molecule has 2 atom stereocenters. The highest BCUT2D eigenvalue weighted by Crippen LogP contribution is 2.24. The van der Waals surface area contributed by atoms with Gasteiger partial charge in [0.15, 0.2) is 0 Å². The van der Waals surface area contributed by atoms with Crippen molar-refractivity contribution in [2.24, 2.45) is 5.92 Å². The summed E-state index contributed by atoms with van der Waals surface area (Å²) in [6, 6.07) is 0.260. The number of aliphatic carboxylic acids is 1. The highest BCUT2D eigenvalue weighted by Gasteiger charge is 2.24. The molecule has 1 amide bonds. The van der Waals surface area contributed by atoms with Crippen molar-refractivity contribution < 1.29 is 14.7 Å². The summed E-state index contributed by atoms with van der Waals surface area (Å²) in [5.74, 6) is -0.519. The third-order valence-electron chi connectivity index (χ3n) is 2.77. The van der Waals surface area contributed by atoms with Gasteiger partial charge < -0.3 is 10.4 Å². The van der Waals surface area contributed by atoms with Gasteiger partial charge >= 0.3 is 5.97 Å². The molecule has 4 heteroatoms. The molecular formula is C10H17NO3. The number of hydrogen-bond donors (Lipinski definition) is 2. The van der Waals surface area contributed by atoms with Crippen LogP contribution in [0.15, 0.2) is 0 Å². The fraction of sp³-hybridized carbons (Fsp3) is 0.800. The topological polar surface area (TPSA) is 66.4 Å². The molecule has 14 heavy (non-hydrogen) atoms. The fourth-order valence-electron chi connectivity index (χ4n) is 1.86. The van der Waals surface area contributed by atoms with Crippen molar-refractivity contribution in [1.82, 2.24) is 5.32 Å². The Hall–Kier alpha value is -1.06. The molecule has 0 saturated heterocycles. The molecule has 1 saturated carbocycles. The first-order chi connectivity index (χ1) is 6.59. The molecule has 0 aromatic heterocycles. The normalized spacial score (nSPS) is 26.1. The maximum absolute atomic E-state index is 11.3. The Morgan fingerprint density at radius 3 is 2.57 bits per heavy atom. The summed E-state index contributed by atoms with van der Waals surface area (Å²) >= 11 is 0. The maximum Gasteiger partial charge on any atom is 0.303 e. The molecule has 2 unspecified atom stereocenters. The monoisotopic (exact) mass is 199 g/mol. The lowest BCUT2D eigenvalue weighted by molar-refractivity contribution is -0.139. The number of carboxylic acids is 1. The van der Waals surface area contributed by atoms with Crippen molar-refractivity contribution in [2.45, 2.75) is 45.1 Å². The van der Waals surface area contributed by atoms with Crippen molar-refractivity contribution in [1.29, 1.82) is 0 Å². The second kappa shape index (κ2) is 4.98. The van der Waals surface area contributed by atoms with Crippen LogP contribution in [0.5, 0.6) is 0 Å². The zero-order valence-corrected chi connectivity index (χ0v) is 8.45. The lowest BCUT2D eigenvalue weighted by Gasteiger charge is -2.16. The molecule has 1 aliphatic rings. The summed E-state index contributed by atoms with van der Waals surface area (Å²) in [7, 11) is 0. The minimum absolute atomic E-state index is 0.0765. The van der Waals surface area contributed by atoms with Crippen molar-refractivity contribution in [3.05, 3.63) is 0 Å². The van der Waals surface area contributed by atoms with Gasteiger partial charge in [0.05, 0.1) is 6.42 Å². The van der Waals surface area contributed by atoms with E-state index in [-0.39, 0.29) is 24.8 Å². The Kier molecular flexibility index (Phi) is 3.92. The molecule has 0 aliphatic heterocycles. The van der Waals surface area contributed by atoms with Gasteiger partial charge in [0.2, 0.25) is 5.91 Å². The number of carboxylic acid groups (broad SMARTS) is 1. The van der Waals surface area contributed by atoms with Crippen LogP contribution in [-0.2, 0) is 9.59 Å². The van der Waals surface area contributed by atoms with Crippen LogP contribution >= 0.6 is 0 Å². The van der Waals surface area contributed by atoms with Crippen LogP contribution in [0, 0.1) is 5.92 Å². The lowest BCUT2D eigenvalue weighted by atomic mass is 10.1. The van der Waals surface area contributed by atoms with E-state index in [9.17, 15) is 9.59 Å². The molecule has 1 rings (SSSR count). The van der Waals surface area contributed by atoms with E-state index in [1.807, 2.05) is 0 Å². The van der Waals surface area contributed by atoms with E-state index >= 15 is 0 Å². The second-order valence-electron chi connectivity index (χ2n) is 3.98. The smallest absolute Gasteiger partial charge is 0.303 e. The van der Waals surface area contributed by atoms with Crippen LogP contribution in [0.1, 0.15) is 39.0 Å². The molecule has 4 nitrogen and oxygen atoms in total. The van der Waals surface area contributed by atoms with Crippen molar-refractivity contribution in [3.8, 4) is 0 Å². The molecule has 0 aromatic rings. The Morgan fingerprint density at radius 1 is 1.36 bits per heavy atom. The third kappa shape index (κ3) is 3.36. The fourth-order valence-corrected chi connectivity index (χ4v) is 1.86. The van der Waals surface area contributed by atoms with Gasteiger partial charge in [-0.05, 0) is 18.8 Å². The number of carbonyl (C=O) groups excluding carboxylic acids is 1. The Bertz CT molecular complexity index is 227.